The van der Waals surface area contributed by atoms with E-state index in [1.165, 1.54) is 0 Å². The van der Waals surface area contributed by atoms with E-state index >= 15 is 0 Å². The number of pyridine rings is 1. The van der Waals surface area contributed by atoms with Crippen molar-refractivity contribution in [1.29, 1.82) is 0 Å². The van der Waals surface area contributed by atoms with Crippen molar-refractivity contribution in [3.8, 4) is 11.3 Å². The normalized spacial score (nSPS) is 13.5. The number of hydrogen-bond donors (Lipinski definition) is 1. The lowest BCUT2D eigenvalue weighted by Gasteiger charge is -2.10. The van der Waals surface area contributed by atoms with E-state index < -0.39 is 5.97 Å². The Bertz CT molecular complexity index is 1220. The maximum Gasteiger partial charge on any atom is 0.337 e. The Morgan fingerprint density at radius 2 is 1.83 bits per heavy atom. The molecule has 2 aromatic carbocycles. The van der Waals surface area contributed by atoms with Crippen LogP contribution in [0.3, 0.4) is 0 Å². The SMILES string of the molecule is O=C(O)c1cc(C2CC2)cnc1Cc1ccc2ncnc(-c3ccccc3)c2c1. The number of aromatic nitrogens is 3. The predicted molar refractivity (Wildman–Crippen MR) is 111 cm³/mol. The van der Waals surface area contributed by atoms with Gasteiger partial charge in [-0.25, -0.2) is 14.8 Å². The molecule has 0 saturated heterocycles. The van der Waals surface area contributed by atoms with Gasteiger partial charge in [0.2, 0.25) is 0 Å². The average molecular weight is 381 g/mol. The highest BCUT2D eigenvalue weighted by molar-refractivity contribution is 5.93. The first-order valence-corrected chi connectivity index (χ1v) is 9.70. The first-order chi connectivity index (χ1) is 14.2. The van der Waals surface area contributed by atoms with Crippen LogP contribution < -0.4 is 0 Å². The zero-order chi connectivity index (χ0) is 19.8. The molecule has 5 rings (SSSR count). The van der Waals surface area contributed by atoms with E-state index in [2.05, 4.69) is 15.0 Å². The van der Waals surface area contributed by atoms with Crippen molar-refractivity contribution in [2.75, 3.05) is 0 Å². The van der Waals surface area contributed by atoms with Crippen molar-refractivity contribution < 1.29 is 9.90 Å². The van der Waals surface area contributed by atoms with Crippen LogP contribution in [0, 0.1) is 0 Å². The Morgan fingerprint density at radius 1 is 1.00 bits per heavy atom. The fourth-order valence-electron chi connectivity index (χ4n) is 3.71. The molecule has 5 nitrogen and oxygen atoms in total. The van der Waals surface area contributed by atoms with E-state index in [9.17, 15) is 9.90 Å². The molecule has 1 N–H and O–H groups in total. The van der Waals surface area contributed by atoms with Gasteiger partial charge in [0.25, 0.3) is 0 Å². The Hall–Kier alpha value is -3.60. The first kappa shape index (κ1) is 17.5. The van der Waals surface area contributed by atoms with Crippen molar-refractivity contribution in [3.05, 3.63) is 89.5 Å². The molecule has 0 atom stereocenters. The van der Waals surface area contributed by atoms with Gasteiger partial charge in [-0.2, -0.15) is 0 Å². The first-order valence-electron chi connectivity index (χ1n) is 9.70. The molecule has 0 unspecified atom stereocenters. The summed E-state index contributed by atoms with van der Waals surface area (Å²) in [6.07, 6.45) is 6.09. The van der Waals surface area contributed by atoms with E-state index in [-0.39, 0.29) is 0 Å². The summed E-state index contributed by atoms with van der Waals surface area (Å²) in [5.74, 6) is -0.454. The second kappa shape index (κ2) is 7.09. The minimum atomic E-state index is -0.927. The highest BCUT2D eigenvalue weighted by Crippen LogP contribution is 2.40. The Kier molecular flexibility index (Phi) is 4.28. The summed E-state index contributed by atoms with van der Waals surface area (Å²) in [4.78, 5) is 25.2. The highest BCUT2D eigenvalue weighted by atomic mass is 16.4. The predicted octanol–water partition coefficient (Wildman–Crippen LogP) is 4.86. The maximum absolute atomic E-state index is 11.8. The van der Waals surface area contributed by atoms with E-state index in [1.54, 1.807) is 12.4 Å². The number of carbonyl (C=O) groups is 1. The number of nitrogens with zero attached hydrogens (tertiary/aromatic N) is 3. The van der Waals surface area contributed by atoms with Crippen molar-refractivity contribution in [3.63, 3.8) is 0 Å². The largest absolute Gasteiger partial charge is 0.478 e. The third kappa shape index (κ3) is 3.47. The van der Waals surface area contributed by atoms with Gasteiger partial charge < -0.3 is 5.11 Å². The molecule has 2 heterocycles. The van der Waals surface area contributed by atoms with Gasteiger partial charge in [0.05, 0.1) is 22.5 Å². The van der Waals surface area contributed by atoms with Crippen LogP contribution in [0.2, 0.25) is 0 Å². The lowest BCUT2D eigenvalue weighted by molar-refractivity contribution is 0.0695. The smallest absolute Gasteiger partial charge is 0.337 e. The maximum atomic E-state index is 11.8. The second-order valence-corrected chi connectivity index (χ2v) is 7.46. The van der Waals surface area contributed by atoms with Gasteiger partial charge in [-0.15, -0.1) is 0 Å². The molecule has 29 heavy (non-hydrogen) atoms. The molecule has 1 saturated carbocycles. The zero-order valence-electron chi connectivity index (χ0n) is 15.7. The van der Waals surface area contributed by atoms with Crippen LogP contribution in [0.5, 0.6) is 0 Å². The van der Waals surface area contributed by atoms with Crippen LogP contribution in [0.25, 0.3) is 22.2 Å². The lowest BCUT2D eigenvalue weighted by Crippen LogP contribution is -2.07. The molecule has 5 heteroatoms. The summed E-state index contributed by atoms with van der Waals surface area (Å²) in [5.41, 5.74) is 5.64. The summed E-state index contributed by atoms with van der Waals surface area (Å²) in [5, 5.41) is 10.6. The number of carboxylic acid groups (broad SMARTS) is 1. The molecule has 1 fully saturated rings. The van der Waals surface area contributed by atoms with Gasteiger partial charge in [0.15, 0.2) is 0 Å². The lowest BCUT2D eigenvalue weighted by atomic mass is 9.99. The number of aromatic carboxylic acids is 1. The van der Waals surface area contributed by atoms with Crippen LogP contribution in [0.4, 0.5) is 0 Å². The number of fused-ring (bicyclic) bond motifs is 1. The molecule has 142 valence electrons. The van der Waals surface area contributed by atoms with Gasteiger partial charge in [0, 0.05) is 23.6 Å². The zero-order valence-corrected chi connectivity index (χ0v) is 15.7. The molecule has 0 amide bonds. The Labute approximate surface area is 168 Å². The van der Waals surface area contributed by atoms with Gasteiger partial charge in [-0.1, -0.05) is 36.4 Å². The van der Waals surface area contributed by atoms with Gasteiger partial charge in [0.1, 0.15) is 6.33 Å². The highest BCUT2D eigenvalue weighted by Gasteiger charge is 2.25. The van der Waals surface area contributed by atoms with Gasteiger partial charge in [-0.05, 0) is 48.1 Å². The molecule has 2 aromatic heterocycles. The van der Waals surface area contributed by atoms with Crippen molar-refractivity contribution in [2.24, 2.45) is 0 Å². The standard InChI is InChI=1S/C24H19N3O2/c28-24(29)20-12-18(16-7-8-16)13-25-22(20)11-15-6-9-21-19(10-15)23(27-14-26-21)17-4-2-1-3-5-17/h1-6,9-10,12-14,16H,7-8,11H2,(H,28,29). The minimum Gasteiger partial charge on any atom is -0.478 e. The van der Waals surface area contributed by atoms with E-state index in [0.29, 0.717) is 23.6 Å². The summed E-state index contributed by atoms with van der Waals surface area (Å²) >= 11 is 0. The minimum absolute atomic E-state index is 0.294. The van der Waals surface area contributed by atoms with Gasteiger partial charge >= 0.3 is 5.97 Å². The number of benzene rings is 2. The van der Waals surface area contributed by atoms with Crippen molar-refractivity contribution >= 4 is 16.9 Å². The van der Waals surface area contributed by atoms with E-state index in [1.807, 2.05) is 54.7 Å². The number of carboxylic acids is 1. The molecule has 0 bridgehead atoms. The van der Waals surface area contributed by atoms with Gasteiger partial charge in [-0.3, -0.25) is 4.98 Å². The molecule has 0 aliphatic heterocycles. The van der Waals surface area contributed by atoms with Crippen LogP contribution in [0.15, 0.2) is 67.1 Å². The second-order valence-electron chi connectivity index (χ2n) is 7.46. The Balaban J connectivity index is 1.55. The van der Waals surface area contributed by atoms with Crippen LogP contribution >= 0.6 is 0 Å². The third-order valence-corrected chi connectivity index (χ3v) is 5.39. The molecule has 1 aliphatic carbocycles. The quantitative estimate of drug-likeness (QED) is 0.534. The fourth-order valence-corrected chi connectivity index (χ4v) is 3.71. The molecule has 1 aliphatic rings. The van der Waals surface area contributed by atoms with Crippen LogP contribution in [-0.4, -0.2) is 26.0 Å². The summed E-state index contributed by atoms with van der Waals surface area (Å²) in [7, 11) is 0. The van der Waals surface area contributed by atoms with Crippen LogP contribution in [0.1, 0.15) is 45.9 Å². The van der Waals surface area contributed by atoms with E-state index in [0.717, 1.165) is 46.1 Å². The van der Waals surface area contributed by atoms with Crippen molar-refractivity contribution in [2.45, 2.75) is 25.2 Å². The monoisotopic (exact) mass is 381 g/mol. The molecule has 0 radical (unpaired) electrons. The Morgan fingerprint density at radius 3 is 2.59 bits per heavy atom. The molecular formula is C24H19N3O2. The third-order valence-electron chi connectivity index (χ3n) is 5.39. The molecule has 0 spiro atoms. The fraction of sp³-hybridized carbons (Fsp3) is 0.167. The number of hydrogen-bond acceptors (Lipinski definition) is 4. The topological polar surface area (TPSA) is 76.0 Å². The van der Waals surface area contributed by atoms with E-state index in [4.69, 9.17) is 0 Å². The average Bonchev–Trinajstić information content (AvgIpc) is 3.59. The molecule has 4 aromatic rings. The molecular weight excluding hydrogens is 362 g/mol. The van der Waals surface area contributed by atoms with Crippen molar-refractivity contribution in [1.82, 2.24) is 15.0 Å². The summed E-state index contributed by atoms with van der Waals surface area (Å²) in [6.45, 7) is 0. The summed E-state index contributed by atoms with van der Waals surface area (Å²) in [6, 6.07) is 17.8. The number of rotatable bonds is 5. The van der Waals surface area contributed by atoms with Crippen LogP contribution in [-0.2, 0) is 6.42 Å². The summed E-state index contributed by atoms with van der Waals surface area (Å²) < 4.78 is 0.